The van der Waals surface area contributed by atoms with Crippen molar-refractivity contribution in [3.63, 3.8) is 0 Å². The molecule has 0 radical (unpaired) electrons. The number of amides is 1. The van der Waals surface area contributed by atoms with Crippen molar-refractivity contribution in [1.82, 2.24) is 0 Å². The number of carbonyl (C=O) groups is 2. The van der Waals surface area contributed by atoms with Gasteiger partial charge >= 0.3 is 5.97 Å². The van der Waals surface area contributed by atoms with Gasteiger partial charge in [-0.1, -0.05) is 6.07 Å². The predicted octanol–water partition coefficient (Wildman–Crippen LogP) is 3.00. The van der Waals surface area contributed by atoms with Gasteiger partial charge in [-0.05, 0) is 30.3 Å². The molecule has 0 atom stereocenters. The lowest BCUT2D eigenvalue weighted by Gasteiger charge is -2.07. The molecule has 21 heavy (non-hydrogen) atoms. The molecule has 4 nitrogen and oxygen atoms in total. The zero-order valence-corrected chi connectivity index (χ0v) is 11.0. The molecule has 1 N–H and O–H groups in total. The highest BCUT2D eigenvalue weighted by Gasteiger charge is 2.13. The summed E-state index contributed by atoms with van der Waals surface area (Å²) < 4.78 is 30.8. The normalized spacial score (nSPS) is 10.0. The van der Waals surface area contributed by atoms with Crippen LogP contribution in [0.15, 0.2) is 42.5 Å². The summed E-state index contributed by atoms with van der Waals surface area (Å²) in [5.41, 5.74) is 0.251. The first kappa shape index (κ1) is 14.6. The Morgan fingerprint density at radius 2 is 1.86 bits per heavy atom. The van der Waals surface area contributed by atoms with Crippen molar-refractivity contribution in [2.24, 2.45) is 0 Å². The standard InChI is InChI=1S/C15H11F2NO3/c1-21-15(20)9-3-2-4-11(7-9)18-14(19)12-6-5-10(16)8-13(12)17/h2-8H,1H3,(H,18,19). The SMILES string of the molecule is COC(=O)c1cccc(NC(=O)c2ccc(F)cc2F)c1. The molecular weight excluding hydrogens is 280 g/mol. The molecule has 1 amide bonds. The molecule has 0 aliphatic rings. The number of hydrogen-bond acceptors (Lipinski definition) is 3. The van der Waals surface area contributed by atoms with E-state index in [4.69, 9.17) is 0 Å². The number of rotatable bonds is 3. The number of nitrogens with one attached hydrogen (secondary N) is 1. The number of benzene rings is 2. The van der Waals surface area contributed by atoms with Crippen molar-refractivity contribution in [3.05, 3.63) is 65.2 Å². The van der Waals surface area contributed by atoms with Gasteiger partial charge in [0, 0.05) is 11.8 Å². The summed E-state index contributed by atoms with van der Waals surface area (Å²) in [6, 6.07) is 8.65. The fraction of sp³-hybridized carbons (Fsp3) is 0.0667. The van der Waals surface area contributed by atoms with Gasteiger partial charge in [0.2, 0.25) is 0 Å². The Hall–Kier alpha value is -2.76. The van der Waals surface area contributed by atoms with E-state index in [0.29, 0.717) is 11.8 Å². The summed E-state index contributed by atoms with van der Waals surface area (Å²) in [7, 11) is 1.24. The largest absolute Gasteiger partial charge is 0.465 e. The van der Waals surface area contributed by atoms with Crippen LogP contribution in [0.5, 0.6) is 0 Å². The lowest BCUT2D eigenvalue weighted by molar-refractivity contribution is 0.0600. The Bertz CT molecular complexity index is 701. The van der Waals surface area contributed by atoms with E-state index in [2.05, 4.69) is 10.1 Å². The van der Waals surface area contributed by atoms with E-state index < -0.39 is 23.5 Å². The Labute approximate surface area is 119 Å². The highest BCUT2D eigenvalue weighted by atomic mass is 19.1. The van der Waals surface area contributed by atoms with Crippen molar-refractivity contribution in [2.75, 3.05) is 12.4 Å². The molecule has 6 heteroatoms. The van der Waals surface area contributed by atoms with Crippen molar-refractivity contribution >= 4 is 17.6 Å². The fourth-order valence-corrected chi connectivity index (χ4v) is 1.71. The van der Waals surface area contributed by atoms with Gasteiger partial charge in [-0.15, -0.1) is 0 Å². The number of ether oxygens (including phenoxy) is 1. The molecule has 0 bridgehead atoms. The van der Waals surface area contributed by atoms with E-state index in [1.807, 2.05) is 0 Å². The molecule has 0 fully saturated rings. The predicted molar refractivity (Wildman–Crippen MR) is 72.1 cm³/mol. The smallest absolute Gasteiger partial charge is 0.337 e. The van der Waals surface area contributed by atoms with Gasteiger partial charge in [-0.2, -0.15) is 0 Å². The lowest BCUT2D eigenvalue weighted by atomic mass is 10.1. The van der Waals surface area contributed by atoms with Crippen LogP contribution in [0.2, 0.25) is 0 Å². The molecule has 108 valence electrons. The van der Waals surface area contributed by atoms with Crippen LogP contribution in [0.3, 0.4) is 0 Å². The minimum Gasteiger partial charge on any atom is -0.465 e. The van der Waals surface area contributed by atoms with Crippen LogP contribution in [0.4, 0.5) is 14.5 Å². The van der Waals surface area contributed by atoms with Crippen molar-refractivity contribution in [1.29, 1.82) is 0 Å². The minimum atomic E-state index is -0.961. The van der Waals surface area contributed by atoms with Gasteiger partial charge in [0.15, 0.2) is 0 Å². The maximum atomic E-state index is 13.5. The molecule has 0 heterocycles. The quantitative estimate of drug-likeness (QED) is 0.884. The topological polar surface area (TPSA) is 55.4 Å². The average Bonchev–Trinajstić information content (AvgIpc) is 2.46. The second-order valence-corrected chi connectivity index (χ2v) is 4.15. The van der Waals surface area contributed by atoms with Gasteiger partial charge in [-0.3, -0.25) is 4.79 Å². The number of hydrogen-bond donors (Lipinski definition) is 1. The van der Waals surface area contributed by atoms with Gasteiger partial charge in [0.1, 0.15) is 11.6 Å². The number of halogens is 2. The van der Waals surface area contributed by atoms with E-state index in [9.17, 15) is 18.4 Å². The third-order valence-electron chi connectivity index (χ3n) is 2.72. The first-order valence-electron chi connectivity index (χ1n) is 5.96. The average molecular weight is 291 g/mol. The van der Waals surface area contributed by atoms with Crippen LogP contribution in [0.1, 0.15) is 20.7 Å². The maximum absolute atomic E-state index is 13.5. The van der Waals surface area contributed by atoms with Crippen LogP contribution in [0.25, 0.3) is 0 Å². The summed E-state index contributed by atoms with van der Waals surface area (Å²) in [6.45, 7) is 0. The summed E-state index contributed by atoms with van der Waals surface area (Å²) in [6.07, 6.45) is 0. The van der Waals surface area contributed by atoms with E-state index in [1.54, 1.807) is 6.07 Å². The molecule has 0 aliphatic carbocycles. The second kappa shape index (κ2) is 6.13. The zero-order valence-electron chi connectivity index (χ0n) is 11.0. The summed E-state index contributed by atoms with van der Waals surface area (Å²) in [5.74, 6) is -3.03. The van der Waals surface area contributed by atoms with Crippen LogP contribution in [-0.2, 0) is 4.74 Å². The summed E-state index contributed by atoms with van der Waals surface area (Å²) in [4.78, 5) is 23.3. The van der Waals surface area contributed by atoms with Gasteiger partial charge in [0.05, 0.1) is 18.2 Å². The molecule has 2 aromatic rings. The number of anilines is 1. The molecule has 2 aromatic carbocycles. The Morgan fingerprint density at radius 1 is 1.10 bits per heavy atom. The van der Waals surface area contributed by atoms with Crippen LogP contribution in [0, 0.1) is 11.6 Å². The van der Waals surface area contributed by atoms with E-state index in [1.165, 1.54) is 25.3 Å². The molecule has 0 saturated carbocycles. The van der Waals surface area contributed by atoms with Crippen molar-refractivity contribution in [2.45, 2.75) is 0 Å². The second-order valence-electron chi connectivity index (χ2n) is 4.15. The van der Waals surface area contributed by atoms with Gasteiger partial charge in [0.25, 0.3) is 5.91 Å². The maximum Gasteiger partial charge on any atom is 0.337 e. The third-order valence-corrected chi connectivity index (χ3v) is 2.72. The molecular formula is C15H11F2NO3. The van der Waals surface area contributed by atoms with Crippen LogP contribution in [-0.4, -0.2) is 19.0 Å². The Morgan fingerprint density at radius 3 is 2.52 bits per heavy atom. The van der Waals surface area contributed by atoms with E-state index >= 15 is 0 Å². The highest BCUT2D eigenvalue weighted by molar-refractivity contribution is 6.05. The zero-order chi connectivity index (χ0) is 15.4. The molecule has 0 unspecified atom stereocenters. The molecule has 0 aliphatic heterocycles. The monoisotopic (exact) mass is 291 g/mol. The van der Waals surface area contributed by atoms with Crippen LogP contribution < -0.4 is 5.32 Å². The molecule has 0 saturated heterocycles. The highest BCUT2D eigenvalue weighted by Crippen LogP contribution is 2.15. The van der Waals surface area contributed by atoms with E-state index in [-0.39, 0.29) is 11.1 Å². The summed E-state index contributed by atoms with van der Waals surface area (Å²) >= 11 is 0. The first-order chi connectivity index (χ1) is 10.0. The van der Waals surface area contributed by atoms with Gasteiger partial charge < -0.3 is 10.1 Å². The Kier molecular flexibility index (Phi) is 4.27. The molecule has 0 aromatic heterocycles. The fourth-order valence-electron chi connectivity index (χ4n) is 1.71. The van der Waals surface area contributed by atoms with Crippen molar-refractivity contribution in [3.8, 4) is 0 Å². The van der Waals surface area contributed by atoms with E-state index in [0.717, 1.165) is 12.1 Å². The van der Waals surface area contributed by atoms with Crippen molar-refractivity contribution < 1.29 is 23.1 Å². The third kappa shape index (κ3) is 3.42. The number of carbonyl (C=O) groups excluding carboxylic acids is 2. The Balaban J connectivity index is 2.21. The first-order valence-corrected chi connectivity index (χ1v) is 5.96. The van der Waals surface area contributed by atoms with Gasteiger partial charge in [-0.25, -0.2) is 13.6 Å². The molecule has 0 spiro atoms. The minimum absolute atomic E-state index is 0.245. The summed E-state index contributed by atoms with van der Waals surface area (Å²) in [5, 5.41) is 2.43. The number of esters is 1. The molecule has 2 rings (SSSR count). The number of methoxy groups -OCH3 is 1. The van der Waals surface area contributed by atoms with Crippen LogP contribution >= 0.6 is 0 Å². The lowest BCUT2D eigenvalue weighted by Crippen LogP contribution is -2.14.